The Morgan fingerprint density at radius 2 is 2.20 bits per heavy atom. The predicted octanol–water partition coefficient (Wildman–Crippen LogP) is 1.34. The molecule has 0 aromatic carbocycles. The van der Waals surface area contributed by atoms with Gasteiger partial charge >= 0.3 is 0 Å². The summed E-state index contributed by atoms with van der Waals surface area (Å²) < 4.78 is 0. The second-order valence-electron chi connectivity index (χ2n) is 2.65. The summed E-state index contributed by atoms with van der Waals surface area (Å²) in [5, 5.41) is 0. The highest BCUT2D eigenvalue weighted by Gasteiger charge is 2.09. The first-order valence-electron chi connectivity index (χ1n) is 3.92. The number of carbonyl (C=O) groups is 1. The van der Waals surface area contributed by atoms with Crippen molar-refractivity contribution in [2.45, 2.75) is 33.1 Å². The number of Topliss-reactive ketones (excluding diaryl/α,β-unsaturated/α-hetero) is 1. The summed E-state index contributed by atoms with van der Waals surface area (Å²) in [7, 11) is 0. The van der Waals surface area contributed by atoms with Crippen LogP contribution in [-0.2, 0) is 4.79 Å². The van der Waals surface area contributed by atoms with Crippen molar-refractivity contribution in [3.63, 3.8) is 0 Å². The lowest BCUT2D eigenvalue weighted by Gasteiger charge is -2.08. The van der Waals surface area contributed by atoms with Gasteiger partial charge in [-0.25, -0.2) is 0 Å². The Kier molecular flexibility index (Phi) is 5.22. The zero-order valence-corrected chi connectivity index (χ0v) is 6.89. The van der Waals surface area contributed by atoms with Gasteiger partial charge in [-0.3, -0.25) is 4.79 Å². The van der Waals surface area contributed by atoms with E-state index in [4.69, 9.17) is 5.73 Å². The Morgan fingerprint density at radius 3 is 2.50 bits per heavy atom. The van der Waals surface area contributed by atoms with Gasteiger partial charge in [-0.1, -0.05) is 6.92 Å². The van der Waals surface area contributed by atoms with Crippen molar-refractivity contribution in [2.24, 2.45) is 11.7 Å². The van der Waals surface area contributed by atoms with Crippen LogP contribution in [0.2, 0.25) is 0 Å². The minimum absolute atomic E-state index is 0.253. The smallest absolute Gasteiger partial charge is 0.132 e. The van der Waals surface area contributed by atoms with Gasteiger partial charge in [0.25, 0.3) is 0 Å². The molecule has 0 fully saturated rings. The molecule has 0 aliphatic rings. The maximum Gasteiger partial charge on any atom is 0.132 e. The summed E-state index contributed by atoms with van der Waals surface area (Å²) >= 11 is 0. The van der Waals surface area contributed by atoms with Gasteiger partial charge in [-0.15, -0.1) is 0 Å². The van der Waals surface area contributed by atoms with Crippen LogP contribution in [0.15, 0.2) is 0 Å². The molecule has 1 atom stereocenters. The van der Waals surface area contributed by atoms with E-state index >= 15 is 0 Å². The van der Waals surface area contributed by atoms with Gasteiger partial charge in [0.2, 0.25) is 0 Å². The van der Waals surface area contributed by atoms with Crippen LogP contribution in [0, 0.1) is 5.92 Å². The van der Waals surface area contributed by atoms with Crippen LogP contribution in [-0.4, -0.2) is 12.3 Å². The van der Waals surface area contributed by atoms with Crippen molar-refractivity contribution in [2.75, 3.05) is 6.54 Å². The fraction of sp³-hybridized carbons (Fsp3) is 0.875. The highest BCUT2D eigenvalue weighted by Crippen LogP contribution is 2.10. The summed E-state index contributed by atoms with van der Waals surface area (Å²) in [6.07, 6.45) is 2.88. The average molecular weight is 143 g/mol. The third kappa shape index (κ3) is 3.62. The molecule has 10 heavy (non-hydrogen) atoms. The molecule has 0 aromatic heterocycles. The number of ketones is 1. The molecular formula is C8H17NO. The van der Waals surface area contributed by atoms with E-state index < -0.39 is 0 Å². The van der Waals surface area contributed by atoms with Crippen LogP contribution in [0.5, 0.6) is 0 Å². The maximum atomic E-state index is 10.8. The second kappa shape index (κ2) is 5.42. The Labute approximate surface area is 62.8 Å². The Hall–Kier alpha value is -0.370. The number of hydrogen-bond donors (Lipinski definition) is 1. The van der Waals surface area contributed by atoms with E-state index in [1.165, 1.54) is 0 Å². The number of hydrogen-bond acceptors (Lipinski definition) is 2. The monoisotopic (exact) mass is 143 g/mol. The summed E-state index contributed by atoms with van der Waals surface area (Å²) in [5.74, 6) is 0.555. The van der Waals surface area contributed by atoms with Crippen molar-refractivity contribution in [3.8, 4) is 0 Å². The molecule has 0 spiro atoms. The van der Waals surface area contributed by atoms with E-state index in [1.807, 2.05) is 6.92 Å². The van der Waals surface area contributed by atoms with Crippen molar-refractivity contribution in [1.82, 2.24) is 0 Å². The van der Waals surface area contributed by atoms with Crippen molar-refractivity contribution in [3.05, 3.63) is 0 Å². The molecule has 0 aliphatic heterocycles. The van der Waals surface area contributed by atoms with Gasteiger partial charge in [-0.05, 0) is 32.7 Å². The molecule has 0 bridgehead atoms. The molecule has 2 nitrogen and oxygen atoms in total. The molecule has 2 N–H and O–H groups in total. The van der Waals surface area contributed by atoms with E-state index in [1.54, 1.807) is 6.92 Å². The predicted molar refractivity (Wildman–Crippen MR) is 42.8 cm³/mol. The Bertz CT molecular complexity index is 101. The lowest BCUT2D eigenvalue weighted by molar-refractivity contribution is -0.121. The molecular weight excluding hydrogens is 126 g/mol. The lowest BCUT2D eigenvalue weighted by atomic mass is 9.97. The fourth-order valence-electron chi connectivity index (χ4n) is 1.06. The molecule has 0 aromatic rings. The van der Waals surface area contributed by atoms with Gasteiger partial charge in [0.15, 0.2) is 0 Å². The fourth-order valence-corrected chi connectivity index (χ4v) is 1.06. The summed E-state index contributed by atoms with van der Waals surface area (Å²) in [5.41, 5.74) is 5.32. The largest absolute Gasteiger partial charge is 0.330 e. The first-order valence-corrected chi connectivity index (χ1v) is 3.92. The van der Waals surface area contributed by atoms with E-state index in [-0.39, 0.29) is 5.92 Å². The Morgan fingerprint density at radius 1 is 1.60 bits per heavy atom. The third-order valence-corrected chi connectivity index (χ3v) is 1.82. The number of carbonyl (C=O) groups excluding carboxylic acids is 1. The molecule has 0 rings (SSSR count). The second-order valence-corrected chi connectivity index (χ2v) is 2.65. The summed E-state index contributed by atoms with van der Waals surface area (Å²) in [4.78, 5) is 10.8. The summed E-state index contributed by atoms with van der Waals surface area (Å²) in [6, 6.07) is 0. The molecule has 2 heteroatoms. The first kappa shape index (κ1) is 9.63. The van der Waals surface area contributed by atoms with Crippen molar-refractivity contribution in [1.29, 1.82) is 0 Å². The van der Waals surface area contributed by atoms with Crippen LogP contribution in [0.25, 0.3) is 0 Å². The highest BCUT2D eigenvalue weighted by molar-refractivity contribution is 5.78. The van der Waals surface area contributed by atoms with Gasteiger partial charge in [0.05, 0.1) is 0 Å². The topological polar surface area (TPSA) is 43.1 Å². The minimum atomic E-state index is 0.253. The number of rotatable bonds is 5. The molecule has 0 radical (unpaired) electrons. The van der Waals surface area contributed by atoms with Crippen LogP contribution < -0.4 is 5.73 Å². The van der Waals surface area contributed by atoms with Gasteiger partial charge in [0.1, 0.15) is 5.78 Å². The van der Waals surface area contributed by atoms with E-state index in [0.29, 0.717) is 12.3 Å². The van der Waals surface area contributed by atoms with Gasteiger partial charge in [-0.2, -0.15) is 0 Å². The molecule has 0 unspecified atom stereocenters. The highest BCUT2D eigenvalue weighted by atomic mass is 16.1. The minimum Gasteiger partial charge on any atom is -0.330 e. The Balaban J connectivity index is 3.50. The summed E-state index contributed by atoms with van der Waals surface area (Å²) in [6.45, 7) is 4.40. The van der Waals surface area contributed by atoms with E-state index in [0.717, 1.165) is 19.3 Å². The SMILES string of the molecule is CC[C@H](CCCN)C(C)=O. The number of nitrogens with two attached hydrogens (primary N) is 1. The molecule has 0 amide bonds. The average Bonchev–Trinajstić information content (AvgIpc) is 1.89. The van der Waals surface area contributed by atoms with Gasteiger partial charge in [0, 0.05) is 5.92 Å². The standard InChI is InChI=1S/C8H17NO/c1-3-8(7(2)10)5-4-6-9/h8H,3-6,9H2,1-2H3/t8-/m1/s1. The molecule has 0 heterocycles. The lowest BCUT2D eigenvalue weighted by Crippen LogP contribution is -2.11. The quantitative estimate of drug-likeness (QED) is 0.631. The van der Waals surface area contributed by atoms with E-state index in [9.17, 15) is 4.79 Å². The molecule has 60 valence electrons. The zero-order chi connectivity index (χ0) is 7.98. The van der Waals surface area contributed by atoms with Crippen LogP contribution >= 0.6 is 0 Å². The molecule has 0 saturated carbocycles. The first-order chi connectivity index (χ1) is 4.72. The van der Waals surface area contributed by atoms with Crippen molar-refractivity contribution >= 4 is 5.78 Å². The van der Waals surface area contributed by atoms with Crippen LogP contribution in [0.1, 0.15) is 33.1 Å². The van der Waals surface area contributed by atoms with E-state index in [2.05, 4.69) is 0 Å². The molecule has 0 aliphatic carbocycles. The maximum absolute atomic E-state index is 10.8. The zero-order valence-electron chi connectivity index (χ0n) is 6.89. The van der Waals surface area contributed by atoms with Crippen LogP contribution in [0.3, 0.4) is 0 Å². The van der Waals surface area contributed by atoms with Crippen molar-refractivity contribution < 1.29 is 4.79 Å². The van der Waals surface area contributed by atoms with Crippen LogP contribution in [0.4, 0.5) is 0 Å². The third-order valence-electron chi connectivity index (χ3n) is 1.82. The van der Waals surface area contributed by atoms with Gasteiger partial charge < -0.3 is 5.73 Å². The molecule has 0 saturated heterocycles. The normalized spacial score (nSPS) is 13.1.